The number of carboxylic acids is 1. The maximum Gasteiger partial charge on any atom is 0.322 e. The van der Waals surface area contributed by atoms with Crippen LogP contribution in [0.2, 0.25) is 0 Å². The number of carbonyl (C=O) groups is 1. The molecular weight excluding hydrogens is 382 g/mol. The number of hydrogen-bond acceptors (Lipinski definition) is 4. The predicted octanol–water partition coefficient (Wildman–Crippen LogP) is 1.85. The molecule has 152 valence electrons. The zero-order valence-electron chi connectivity index (χ0n) is 16.4. The van der Waals surface area contributed by atoms with Gasteiger partial charge in [-0.2, -0.15) is 4.31 Å². The average molecular weight is 407 g/mol. The highest BCUT2D eigenvalue weighted by Crippen LogP contribution is 2.27. The zero-order chi connectivity index (χ0) is 20.8. The Morgan fingerprint density at radius 1 is 1.21 bits per heavy atom. The van der Waals surface area contributed by atoms with Gasteiger partial charge in [-0.25, -0.2) is 13.1 Å². The predicted molar refractivity (Wildman–Crippen MR) is 104 cm³/mol. The van der Waals surface area contributed by atoms with E-state index >= 15 is 0 Å². The summed E-state index contributed by atoms with van der Waals surface area (Å²) >= 11 is 0. The Labute approximate surface area is 164 Å². The molecule has 1 atom stereocenters. The first-order valence-corrected chi connectivity index (χ1v) is 10.6. The van der Waals surface area contributed by atoms with Crippen LogP contribution in [-0.4, -0.2) is 45.7 Å². The van der Waals surface area contributed by atoms with Crippen LogP contribution in [0.25, 0.3) is 5.69 Å². The van der Waals surface area contributed by atoms with Gasteiger partial charge in [-0.1, -0.05) is 13.8 Å². The van der Waals surface area contributed by atoms with E-state index in [0.717, 1.165) is 15.6 Å². The van der Waals surface area contributed by atoms with Crippen molar-refractivity contribution in [2.75, 3.05) is 6.54 Å². The Bertz CT molecular complexity index is 1060. The molecule has 0 radical (unpaired) electrons. The minimum atomic E-state index is -3.91. The lowest BCUT2D eigenvalue weighted by Crippen LogP contribution is -2.40. The van der Waals surface area contributed by atoms with Gasteiger partial charge in [-0.05, 0) is 49.9 Å². The molecule has 2 heterocycles. The van der Waals surface area contributed by atoms with Gasteiger partial charge in [0, 0.05) is 24.8 Å². The Balaban J connectivity index is 2.01. The molecule has 9 heteroatoms. The molecule has 1 fully saturated rings. The van der Waals surface area contributed by atoms with Crippen LogP contribution in [-0.2, 0) is 21.9 Å². The minimum absolute atomic E-state index is 0.0208. The van der Waals surface area contributed by atoms with Gasteiger partial charge in [0.15, 0.2) is 0 Å². The first-order valence-electron chi connectivity index (χ1n) is 9.21. The summed E-state index contributed by atoms with van der Waals surface area (Å²) < 4.78 is 30.0. The molecule has 0 unspecified atom stereocenters. The van der Waals surface area contributed by atoms with Gasteiger partial charge < -0.3 is 5.11 Å². The number of aromatic nitrogens is 2. The largest absolute Gasteiger partial charge is 0.480 e. The van der Waals surface area contributed by atoms with Gasteiger partial charge in [0.2, 0.25) is 10.0 Å². The summed E-state index contributed by atoms with van der Waals surface area (Å²) in [4.78, 5) is 24.2. The molecule has 2 aromatic rings. The Kier molecular flexibility index (Phi) is 5.24. The van der Waals surface area contributed by atoms with Gasteiger partial charge in [0.1, 0.15) is 6.04 Å². The van der Waals surface area contributed by atoms with E-state index in [1.165, 1.54) is 16.8 Å². The minimum Gasteiger partial charge on any atom is -0.480 e. The maximum absolute atomic E-state index is 12.9. The summed E-state index contributed by atoms with van der Waals surface area (Å²) in [6, 6.07) is 4.96. The molecule has 3 rings (SSSR count). The highest BCUT2D eigenvalue weighted by molar-refractivity contribution is 7.89. The van der Waals surface area contributed by atoms with E-state index in [2.05, 4.69) is 0 Å². The molecule has 1 aliphatic rings. The molecule has 1 N–H and O–H groups in total. The first-order chi connectivity index (χ1) is 13.1. The van der Waals surface area contributed by atoms with Crippen LogP contribution in [0.3, 0.4) is 0 Å². The van der Waals surface area contributed by atoms with Crippen molar-refractivity contribution in [1.82, 2.24) is 13.7 Å². The number of nitrogens with zero attached hydrogens (tertiary/aromatic N) is 3. The van der Waals surface area contributed by atoms with Crippen molar-refractivity contribution in [2.24, 2.45) is 7.05 Å². The molecule has 1 saturated heterocycles. The van der Waals surface area contributed by atoms with E-state index in [4.69, 9.17) is 0 Å². The quantitative estimate of drug-likeness (QED) is 0.815. The second-order valence-electron chi connectivity index (χ2n) is 7.40. The summed E-state index contributed by atoms with van der Waals surface area (Å²) in [5.74, 6) is -1.06. The molecule has 0 amide bonds. The molecule has 28 heavy (non-hydrogen) atoms. The Hall–Kier alpha value is -2.39. The van der Waals surface area contributed by atoms with Crippen LogP contribution in [0, 0.1) is 6.92 Å². The number of carboxylic acid groups (broad SMARTS) is 1. The van der Waals surface area contributed by atoms with Crippen LogP contribution in [0.1, 0.15) is 43.9 Å². The fourth-order valence-corrected chi connectivity index (χ4v) is 5.50. The summed E-state index contributed by atoms with van der Waals surface area (Å²) in [6.07, 6.45) is 0.826. The molecule has 1 aromatic carbocycles. The van der Waals surface area contributed by atoms with E-state index in [9.17, 15) is 23.1 Å². The Morgan fingerprint density at radius 2 is 1.82 bits per heavy atom. The van der Waals surface area contributed by atoms with E-state index in [1.54, 1.807) is 23.9 Å². The van der Waals surface area contributed by atoms with Crippen LogP contribution < -0.4 is 5.56 Å². The molecule has 8 nitrogen and oxygen atoms in total. The fraction of sp³-hybridized carbons (Fsp3) is 0.474. The lowest BCUT2D eigenvalue weighted by molar-refractivity contribution is -0.140. The van der Waals surface area contributed by atoms with Crippen molar-refractivity contribution in [1.29, 1.82) is 0 Å². The summed E-state index contributed by atoms with van der Waals surface area (Å²) in [5, 5.41) is 9.27. The van der Waals surface area contributed by atoms with Crippen molar-refractivity contribution >= 4 is 16.0 Å². The van der Waals surface area contributed by atoms with E-state index in [0.29, 0.717) is 18.5 Å². The second kappa shape index (κ2) is 7.21. The van der Waals surface area contributed by atoms with E-state index in [1.807, 2.05) is 20.8 Å². The summed E-state index contributed by atoms with van der Waals surface area (Å²) in [7, 11) is -2.12. The van der Waals surface area contributed by atoms with Gasteiger partial charge in [0.25, 0.3) is 5.56 Å². The number of rotatable bonds is 5. The third-order valence-corrected chi connectivity index (χ3v) is 7.27. The van der Waals surface area contributed by atoms with Crippen molar-refractivity contribution in [3.05, 3.63) is 45.9 Å². The maximum atomic E-state index is 12.9. The van der Waals surface area contributed by atoms with Crippen molar-refractivity contribution in [3.63, 3.8) is 0 Å². The first kappa shape index (κ1) is 20.3. The number of benzene rings is 1. The van der Waals surface area contributed by atoms with Gasteiger partial charge >= 0.3 is 5.97 Å². The van der Waals surface area contributed by atoms with Crippen LogP contribution in [0.5, 0.6) is 0 Å². The topological polar surface area (TPSA) is 102 Å². The molecule has 1 aliphatic heterocycles. The Morgan fingerprint density at radius 3 is 2.32 bits per heavy atom. The van der Waals surface area contributed by atoms with Gasteiger partial charge in [-0.3, -0.25) is 14.3 Å². The lowest BCUT2D eigenvalue weighted by atomic mass is 10.0. The summed E-state index contributed by atoms with van der Waals surface area (Å²) in [5.41, 5.74) is 2.01. The molecule has 1 aromatic heterocycles. The monoisotopic (exact) mass is 407 g/mol. The average Bonchev–Trinajstić information content (AvgIpc) is 3.20. The zero-order valence-corrected chi connectivity index (χ0v) is 17.2. The number of aliphatic carboxylic acids is 1. The molecule has 0 spiro atoms. The van der Waals surface area contributed by atoms with Crippen molar-refractivity contribution < 1.29 is 18.3 Å². The SMILES string of the molecule is Cc1c(C(C)C)c(=O)n(-c2ccc(S(=O)(=O)N3CCC[C@@H]3C(=O)O)cc2)n1C. The third-order valence-electron chi connectivity index (χ3n) is 5.35. The fourth-order valence-electron chi connectivity index (χ4n) is 3.85. The van der Waals surface area contributed by atoms with Crippen LogP contribution >= 0.6 is 0 Å². The van der Waals surface area contributed by atoms with Crippen molar-refractivity contribution in [2.45, 2.75) is 50.5 Å². The highest BCUT2D eigenvalue weighted by atomic mass is 32.2. The number of hydrogen-bond donors (Lipinski definition) is 1. The molecule has 0 saturated carbocycles. The van der Waals surface area contributed by atoms with E-state index in [-0.39, 0.29) is 22.9 Å². The van der Waals surface area contributed by atoms with Crippen LogP contribution in [0.15, 0.2) is 34.0 Å². The third kappa shape index (κ3) is 3.18. The molecular formula is C19H25N3O5S. The lowest BCUT2D eigenvalue weighted by Gasteiger charge is -2.21. The standard InChI is InChI=1S/C19H25N3O5S/c1-12(2)17-13(3)20(4)22(18(17)23)14-7-9-15(10-8-14)28(26,27)21-11-5-6-16(21)19(24)25/h7-10,12,16H,5-6,11H2,1-4H3,(H,24,25)/t16-/m1/s1. The number of sulfonamides is 1. The molecule has 0 aliphatic carbocycles. The van der Waals surface area contributed by atoms with E-state index < -0.39 is 22.0 Å². The molecule has 0 bridgehead atoms. The summed E-state index contributed by atoms with van der Waals surface area (Å²) in [6.45, 7) is 5.98. The van der Waals surface area contributed by atoms with Gasteiger partial charge in [0.05, 0.1) is 10.6 Å². The van der Waals surface area contributed by atoms with Gasteiger partial charge in [-0.15, -0.1) is 0 Å². The van der Waals surface area contributed by atoms with Crippen molar-refractivity contribution in [3.8, 4) is 5.69 Å². The smallest absolute Gasteiger partial charge is 0.322 e. The normalized spacial score (nSPS) is 18.1. The highest BCUT2D eigenvalue weighted by Gasteiger charge is 2.39. The second-order valence-corrected chi connectivity index (χ2v) is 9.29. The van der Waals surface area contributed by atoms with Crippen LogP contribution in [0.4, 0.5) is 0 Å².